The number of aliphatic carboxylic acids is 1. The average Bonchev–Trinajstić information content (AvgIpc) is 2.47. The molecule has 1 aliphatic rings. The van der Waals surface area contributed by atoms with Gasteiger partial charge in [0.15, 0.2) is 9.84 Å². The summed E-state index contributed by atoms with van der Waals surface area (Å²) >= 11 is 0. The maximum absolute atomic E-state index is 12.6. The lowest BCUT2D eigenvalue weighted by atomic mass is 9.80. The van der Waals surface area contributed by atoms with Crippen molar-refractivity contribution in [2.45, 2.75) is 42.8 Å². The second-order valence-electron chi connectivity index (χ2n) is 5.53. The van der Waals surface area contributed by atoms with Gasteiger partial charge >= 0.3 is 5.97 Å². The van der Waals surface area contributed by atoms with Crippen molar-refractivity contribution in [1.82, 2.24) is 0 Å². The smallest absolute Gasteiger partial charge is 0.306 e. The molecule has 1 aromatic rings. The molecule has 1 aromatic carbocycles. The average molecular weight is 296 g/mol. The highest BCUT2D eigenvalue weighted by molar-refractivity contribution is 7.92. The minimum absolute atomic E-state index is 0.0740. The summed E-state index contributed by atoms with van der Waals surface area (Å²) in [6.45, 7) is 1.71. The quantitative estimate of drug-likeness (QED) is 0.927. The highest BCUT2D eigenvalue weighted by Gasteiger charge is 2.36. The fourth-order valence-corrected chi connectivity index (χ4v) is 4.68. The Kier molecular flexibility index (Phi) is 4.48. The van der Waals surface area contributed by atoms with Crippen LogP contribution in [0.25, 0.3) is 0 Å². The number of benzene rings is 1. The van der Waals surface area contributed by atoms with E-state index in [1.165, 1.54) is 0 Å². The van der Waals surface area contributed by atoms with Crippen LogP contribution in [0.1, 0.15) is 32.6 Å². The first-order valence-electron chi connectivity index (χ1n) is 6.94. The fraction of sp³-hybridized carbons (Fsp3) is 0.533. The molecule has 4 nitrogen and oxygen atoms in total. The van der Waals surface area contributed by atoms with Crippen molar-refractivity contribution in [3.8, 4) is 0 Å². The molecule has 1 saturated carbocycles. The zero-order valence-corrected chi connectivity index (χ0v) is 12.3. The molecule has 110 valence electrons. The van der Waals surface area contributed by atoms with Crippen molar-refractivity contribution in [2.75, 3.05) is 0 Å². The SMILES string of the molecule is CC(C1CCCC(C(=O)O)C1)S(=O)(=O)c1ccccc1. The Morgan fingerprint density at radius 1 is 1.25 bits per heavy atom. The Morgan fingerprint density at radius 2 is 1.90 bits per heavy atom. The molecular formula is C15H20O4S. The van der Waals surface area contributed by atoms with Gasteiger partial charge in [0.25, 0.3) is 0 Å². The number of hydrogen-bond donors (Lipinski definition) is 1. The van der Waals surface area contributed by atoms with E-state index < -0.39 is 27.0 Å². The topological polar surface area (TPSA) is 71.4 Å². The molecule has 3 unspecified atom stereocenters. The number of rotatable bonds is 4. The van der Waals surface area contributed by atoms with Gasteiger partial charge in [-0.2, -0.15) is 0 Å². The number of hydrogen-bond acceptors (Lipinski definition) is 3. The van der Waals surface area contributed by atoms with E-state index in [1.54, 1.807) is 37.3 Å². The Labute approximate surface area is 119 Å². The third kappa shape index (κ3) is 3.03. The fourth-order valence-electron chi connectivity index (χ4n) is 2.96. The van der Waals surface area contributed by atoms with E-state index in [1.807, 2.05) is 0 Å². The molecule has 0 heterocycles. The van der Waals surface area contributed by atoms with E-state index in [0.29, 0.717) is 17.7 Å². The van der Waals surface area contributed by atoms with Crippen molar-refractivity contribution < 1.29 is 18.3 Å². The first-order valence-corrected chi connectivity index (χ1v) is 8.49. The lowest BCUT2D eigenvalue weighted by Gasteiger charge is -2.30. The number of carbonyl (C=O) groups is 1. The monoisotopic (exact) mass is 296 g/mol. The molecule has 0 spiro atoms. The minimum Gasteiger partial charge on any atom is -0.481 e. The van der Waals surface area contributed by atoms with Crippen LogP contribution < -0.4 is 0 Å². The van der Waals surface area contributed by atoms with Crippen LogP contribution in [-0.2, 0) is 14.6 Å². The van der Waals surface area contributed by atoms with Gasteiger partial charge in [0, 0.05) is 0 Å². The van der Waals surface area contributed by atoms with Gasteiger partial charge in [-0.15, -0.1) is 0 Å². The van der Waals surface area contributed by atoms with E-state index in [0.717, 1.165) is 12.8 Å². The van der Waals surface area contributed by atoms with Crippen molar-refractivity contribution in [2.24, 2.45) is 11.8 Å². The molecule has 1 aliphatic carbocycles. The maximum Gasteiger partial charge on any atom is 0.306 e. The molecule has 0 bridgehead atoms. The van der Waals surface area contributed by atoms with E-state index in [4.69, 9.17) is 5.11 Å². The summed E-state index contributed by atoms with van der Waals surface area (Å²) in [5.41, 5.74) is 0. The molecule has 3 atom stereocenters. The van der Waals surface area contributed by atoms with Crippen LogP contribution in [0.15, 0.2) is 35.2 Å². The molecule has 1 fully saturated rings. The lowest BCUT2D eigenvalue weighted by molar-refractivity contribution is -0.143. The third-order valence-electron chi connectivity index (χ3n) is 4.29. The van der Waals surface area contributed by atoms with Gasteiger partial charge in [-0.1, -0.05) is 24.6 Å². The second-order valence-corrected chi connectivity index (χ2v) is 7.83. The van der Waals surface area contributed by atoms with Gasteiger partial charge in [0.2, 0.25) is 0 Å². The highest BCUT2D eigenvalue weighted by atomic mass is 32.2. The van der Waals surface area contributed by atoms with Gasteiger partial charge in [-0.3, -0.25) is 4.79 Å². The normalized spacial score (nSPS) is 25.1. The molecule has 0 aromatic heterocycles. The maximum atomic E-state index is 12.6. The van der Waals surface area contributed by atoms with Crippen LogP contribution in [-0.4, -0.2) is 24.7 Å². The van der Waals surface area contributed by atoms with Crippen molar-refractivity contribution in [3.63, 3.8) is 0 Å². The zero-order chi connectivity index (χ0) is 14.8. The minimum atomic E-state index is -3.38. The largest absolute Gasteiger partial charge is 0.481 e. The van der Waals surface area contributed by atoms with Gasteiger partial charge in [-0.05, 0) is 44.2 Å². The predicted molar refractivity (Wildman–Crippen MR) is 76.2 cm³/mol. The van der Waals surface area contributed by atoms with Crippen LogP contribution in [0.5, 0.6) is 0 Å². The Balaban J connectivity index is 2.18. The molecule has 2 rings (SSSR count). The first kappa shape index (κ1) is 15.0. The number of sulfone groups is 1. The Bertz CT molecular complexity index is 565. The van der Waals surface area contributed by atoms with Crippen molar-refractivity contribution in [3.05, 3.63) is 30.3 Å². The van der Waals surface area contributed by atoms with Gasteiger partial charge in [0.1, 0.15) is 0 Å². The molecule has 0 amide bonds. The molecule has 0 aliphatic heterocycles. The van der Waals surface area contributed by atoms with Gasteiger partial charge < -0.3 is 5.11 Å². The van der Waals surface area contributed by atoms with E-state index in [2.05, 4.69) is 0 Å². The van der Waals surface area contributed by atoms with E-state index >= 15 is 0 Å². The molecule has 20 heavy (non-hydrogen) atoms. The summed E-state index contributed by atoms with van der Waals surface area (Å²) in [6, 6.07) is 8.40. The van der Waals surface area contributed by atoms with Crippen LogP contribution in [0, 0.1) is 11.8 Å². The van der Waals surface area contributed by atoms with Crippen LogP contribution in [0.2, 0.25) is 0 Å². The lowest BCUT2D eigenvalue weighted by Crippen LogP contribution is -2.33. The predicted octanol–water partition coefficient (Wildman–Crippen LogP) is 2.74. The summed E-state index contributed by atoms with van der Waals surface area (Å²) in [6.07, 6.45) is 2.69. The number of carboxylic acids is 1. The van der Waals surface area contributed by atoms with Crippen LogP contribution in [0.4, 0.5) is 0 Å². The van der Waals surface area contributed by atoms with Crippen LogP contribution >= 0.6 is 0 Å². The van der Waals surface area contributed by atoms with Crippen LogP contribution in [0.3, 0.4) is 0 Å². The highest BCUT2D eigenvalue weighted by Crippen LogP contribution is 2.35. The molecule has 0 saturated heterocycles. The van der Waals surface area contributed by atoms with Gasteiger partial charge in [-0.25, -0.2) is 8.42 Å². The van der Waals surface area contributed by atoms with Crippen molar-refractivity contribution in [1.29, 1.82) is 0 Å². The first-order chi connectivity index (χ1) is 9.43. The van der Waals surface area contributed by atoms with E-state index in [9.17, 15) is 13.2 Å². The molecular weight excluding hydrogens is 276 g/mol. The third-order valence-corrected chi connectivity index (χ3v) is 6.58. The second kappa shape index (κ2) is 5.95. The summed E-state index contributed by atoms with van der Waals surface area (Å²) in [5.74, 6) is -1.28. The zero-order valence-electron chi connectivity index (χ0n) is 11.5. The molecule has 5 heteroatoms. The van der Waals surface area contributed by atoms with Gasteiger partial charge in [0.05, 0.1) is 16.1 Å². The summed E-state index contributed by atoms with van der Waals surface area (Å²) in [5, 5.41) is 8.57. The van der Waals surface area contributed by atoms with Crippen molar-refractivity contribution >= 4 is 15.8 Å². The molecule has 1 N–H and O–H groups in total. The van der Waals surface area contributed by atoms with E-state index in [-0.39, 0.29) is 5.92 Å². The summed E-state index contributed by atoms with van der Waals surface area (Å²) in [7, 11) is -3.38. The summed E-state index contributed by atoms with van der Waals surface area (Å²) in [4.78, 5) is 11.4. The molecule has 0 radical (unpaired) electrons. The standard InChI is InChI=1S/C15H20O4S/c1-11(12-6-5-7-13(10-12)15(16)17)20(18,19)14-8-3-2-4-9-14/h2-4,8-9,11-13H,5-7,10H2,1H3,(H,16,17). The summed E-state index contributed by atoms with van der Waals surface area (Å²) < 4.78 is 25.1. The Hall–Kier alpha value is -1.36. The Morgan fingerprint density at radius 3 is 2.50 bits per heavy atom. The number of carboxylic acid groups (broad SMARTS) is 1.